The molecule has 4 rings (SSSR count). The number of nitrogens with one attached hydrogen (secondary N) is 2. The van der Waals surface area contributed by atoms with E-state index in [1.54, 1.807) is 0 Å². The Bertz CT molecular complexity index is 890. The second kappa shape index (κ2) is 20.3. The largest absolute Gasteiger partial charge is 0.385 e. The Balaban J connectivity index is 0.000000629. The predicted molar refractivity (Wildman–Crippen MR) is 175 cm³/mol. The van der Waals surface area contributed by atoms with E-state index >= 15 is 0 Å². The minimum absolute atomic E-state index is 0.0426. The molecular formula is C33H54N2OS2. The van der Waals surface area contributed by atoms with Crippen LogP contribution in [0.15, 0.2) is 42.5 Å². The Morgan fingerprint density at radius 2 is 1.55 bits per heavy atom. The second-order valence-electron chi connectivity index (χ2n) is 10.4. The molecule has 0 spiro atoms. The van der Waals surface area contributed by atoms with E-state index in [1.807, 2.05) is 38.1 Å². The van der Waals surface area contributed by atoms with Gasteiger partial charge in [-0.05, 0) is 91.3 Å². The van der Waals surface area contributed by atoms with Crippen molar-refractivity contribution in [2.24, 2.45) is 11.8 Å². The maximum atomic E-state index is 12.7. The fraction of sp³-hybridized carbons (Fsp3) is 0.606. The van der Waals surface area contributed by atoms with Gasteiger partial charge in [0.15, 0.2) is 0 Å². The van der Waals surface area contributed by atoms with Gasteiger partial charge in [0.05, 0.1) is 0 Å². The topological polar surface area (TPSA) is 41.1 Å². The van der Waals surface area contributed by atoms with Gasteiger partial charge >= 0.3 is 0 Å². The molecule has 5 heteroatoms. The van der Waals surface area contributed by atoms with Crippen LogP contribution < -0.4 is 10.6 Å². The third-order valence-corrected chi connectivity index (χ3v) is 7.85. The standard InChI is InChI=1S/C25H32N2O.C6H14.C2H6.H2S2/c1-2-18-7-8-22-16-24(14-11-21(22)15-18)27-25(28)20-9-12-23(13-10-20)26-17-19-5-3-4-6-19;1-4-6(3)5-2;2*1-2/h7-10,12-13,15,19,24,26H,2-6,11,14,16-17H2,1H3,(H,27,28);6H,4-5H2,1-3H3;1-2H3;1-2H. The zero-order valence-corrected chi connectivity index (χ0v) is 26.6. The van der Waals surface area contributed by atoms with Gasteiger partial charge in [-0.15, -0.1) is 23.3 Å². The molecule has 2 aliphatic rings. The minimum atomic E-state index is 0.0426. The number of rotatable bonds is 8. The van der Waals surface area contributed by atoms with Crippen LogP contribution in [0.5, 0.6) is 0 Å². The summed E-state index contributed by atoms with van der Waals surface area (Å²) >= 11 is 6.44. The van der Waals surface area contributed by atoms with Gasteiger partial charge in [0.2, 0.25) is 0 Å². The maximum absolute atomic E-state index is 12.7. The molecule has 1 unspecified atom stereocenters. The van der Waals surface area contributed by atoms with Crippen LogP contribution in [0.4, 0.5) is 5.69 Å². The first-order valence-corrected chi connectivity index (χ1v) is 16.6. The van der Waals surface area contributed by atoms with Crippen LogP contribution in [-0.4, -0.2) is 18.5 Å². The number of aryl methyl sites for hydroxylation is 2. The number of anilines is 1. The lowest BCUT2D eigenvalue weighted by Crippen LogP contribution is -2.38. The summed E-state index contributed by atoms with van der Waals surface area (Å²) in [5.41, 5.74) is 6.12. The molecule has 0 bridgehead atoms. The van der Waals surface area contributed by atoms with Crippen LogP contribution in [0.2, 0.25) is 0 Å². The average Bonchev–Trinajstić information content (AvgIpc) is 3.52. The van der Waals surface area contributed by atoms with Crippen molar-refractivity contribution in [2.45, 2.75) is 112 Å². The lowest BCUT2D eigenvalue weighted by Gasteiger charge is -2.26. The molecule has 0 radical (unpaired) electrons. The smallest absolute Gasteiger partial charge is 0.251 e. The monoisotopic (exact) mass is 558 g/mol. The summed E-state index contributed by atoms with van der Waals surface area (Å²) in [7, 11) is 0. The average molecular weight is 559 g/mol. The maximum Gasteiger partial charge on any atom is 0.251 e. The highest BCUT2D eigenvalue weighted by molar-refractivity contribution is 8.59. The summed E-state index contributed by atoms with van der Waals surface area (Å²) < 4.78 is 0. The number of hydrogen-bond acceptors (Lipinski definition) is 4. The van der Waals surface area contributed by atoms with E-state index in [0.29, 0.717) is 0 Å². The number of fused-ring (bicyclic) bond motifs is 1. The molecule has 2 aromatic carbocycles. The van der Waals surface area contributed by atoms with Crippen molar-refractivity contribution in [3.63, 3.8) is 0 Å². The molecule has 38 heavy (non-hydrogen) atoms. The normalized spacial score (nSPS) is 16.1. The molecule has 0 aliphatic heterocycles. The van der Waals surface area contributed by atoms with Crippen molar-refractivity contribution >= 4 is 34.9 Å². The van der Waals surface area contributed by atoms with Gasteiger partial charge in [-0.1, -0.05) is 85.4 Å². The van der Waals surface area contributed by atoms with Gasteiger partial charge in [0.25, 0.3) is 5.91 Å². The van der Waals surface area contributed by atoms with Crippen LogP contribution in [0.25, 0.3) is 0 Å². The molecule has 0 heterocycles. The number of hydrogen-bond donors (Lipinski definition) is 4. The van der Waals surface area contributed by atoms with E-state index in [1.165, 1.54) is 55.2 Å². The Morgan fingerprint density at radius 3 is 2.11 bits per heavy atom. The van der Waals surface area contributed by atoms with Crippen LogP contribution in [0, 0.1) is 11.8 Å². The van der Waals surface area contributed by atoms with Crippen molar-refractivity contribution in [2.75, 3.05) is 11.9 Å². The predicted octanol–water partition coefficient (Wildman–Crippen LogP) is 9.37. The van der Waals surface area contributed by atoms with E-state index in [2.05, 4.69) is 79.8 Å². The molecule has 214 valence electrons. The Morgan fingerprint density at radius 1 is 0.921 bits per heavy atom. The first-order valence-electron chi connectivity index (χ1n) is 15.0. The van der Waals surface area contributed by atoms with Gasteiger partial charge in [0, 0.05) is 23.8 Å². The van der Waals surface area contributed by atoms with Crippen molar-refractivity contribution in [1.29, 1.82) is 0 Å². The fourth-order valence-corrected chi connectivity index (χ4v) is 4.93. The summed E-state index contributed by atoms with van der Waals surface area (Å²) in [6, 6.07) is 15.0. The summed E-state index contributed by atoms with van der Waals surface area (Å²) in [5.74, 6) is 1.79. The minimum Gasteiger partial charge on any atom is -0.385 e. The van der Waals surface area contributed by atoms with E-state index in [-0.39, 0.29) is 11.9 Å². The highest BCUT2D eigenvalue weighted by atomic mass is 33.1. The fourth-order valence-electron chi connectivity index (χ4n) is 4.93. The molecule has 3 nitrogen and oxygen atoms in total. The zero-order valence-electron chi connectivity index (χ0n) is 24.9. The Hall–Kier alpha value is -1.59. The molecule has 2 aliphatic carbocycles. The lowest BCUT2D eigenvalue weighted by atomic mass is 9.87. The molecule has 1 saturated carbocycles. The van der Waals surface area contributed by atoms with Crippen LogP contribution in [0.1, 0.15) is 114 Å². The number of amides is 1. The summed E-state index contributed by atoms with van der Waals surface area (Å²) in [6.07, 6.45) is 12.2. The van der Waals surface area contributed by atoms with Crippen molar-refractivity contribution < 1.29 is 4.79 Å². The molecule has 2 aromatic rings. The lowest BCUT2D eigenvalue weighted by molar-refractivity contribution is 0.0933. The summed E-state index contributed by atoms with van der Waals surface area (Å²) in [5, 5.41) is 6.76. The summed E-state index contributed by atoms with van der Waals surface area (Å²) in [6.45, 7) is 14.0. The van der Waals surface area contributed by atoms with Gasteiger partial charge in [-0.25, -0.2) is 0 Å². The van der Waals surface area contributed by atoms with Gasteiger partial charge in [0.1, 0.15) is 0 Å². The highest BCUT2D eigenvalue weighted by Gasteiger charge is 2.21. The first kappa shape index (κ1) is 34.4. The summed E-state index contributed by atoms with van der Waals surface area (Å²) in [4.78, 5) is 12.7. The van der Waals surface area contributed by atoms with Crippen molar-refractivity contribution in [3.8, 4) is 0 Å². The van der Waals surface area contributed by atoms with E-state index in [9.17, 15) is 4.79 Å². The van der Waals surface area contributed by atoms with Gasteiger partial charge in [-0.2, -0.15) is 0 Å². The molecule has 1 amide bonds. The first-order chi connectivity index (χ1) is 18.5. The quantitative estimate of drug-likeness (QED) is 0.193. The van der Waals surface area contributed by atoms with Crippen LogP contribution in [-0.2, 0) is 19.3 Å². The number of carbonyl (C=O) groups is 1. The molecule has 2 N–H and O–H groups in total. The SMILES string of the molecule is CC.CCC(C)CC.CCc1ccc2c(c1)CCC(NC(=O)c1ccc(NCC3CCCC3)cc1)C2.SS. The number of carbonyl (C=O) groups excluding carboxylic acids is 1. The molecular weight excluding hydrogens is 505 g/mol. The third kappa shape index (κ3) is 12.1. The van der Waals surface area contributed by atoms with Crippen molar-refractivity contribution in [1.82, 2.24) is 5.32 Å². The molecule has 1 fully saturated rings. The second-order valence-corrected chi connectivity index (χ2v) is 10.4. The van der Waals surface area contributed by atoms with E-state index in [0.717, 1.165) is 55.3 Å². The Labute approximate surface area is 244 Å². The Kier molecular flexibility index (Phi) is 18.4. The van der Waals surface area contributed by atoms with Crippen molar-refractivity contribution in [3.05, 3.63) is 64.7 Å². The molecule has 0 saturated heterocycles. The van der Waals surface area contributed by atoms with E-state index < -0.39 is 0 Å². The van der Waals surface area contributed by atoms with Crippen LogP contribution in [0.3, 0.4) is 0 Å². The van der Waals surface area contributed by atoms with Gasteiger partial charge in [-0.3, -0.25) is 4.79 Å². The third-order valence-electron chi connectivity index (χ3n) is 7.85. The highest BCUT2D eigenvalue weighted by Crippen LogP contribution is 2.25. The van der Waals surface area contributed by atoms with Gasteiger partial charge < -0.3 is 10.6 Å². The zero-order chi connectivity index (χ0) is 28.3. The number of thiol groups is 2. The molecule has 1 atom stereocenters. The van der Waals surface area contributed by atoms with E-state index in [4.69, 9.17) is 0 Å². The number of benzene rings is 2. The van der Waals surface area contributed by atoms with Crippen LogP contribution >= 0.6 is 23.3 Å². The molecule has 0 aromatic heterocycles.